The number of hydrogen-bond acceptors (Lipinski definition) is 1. The highest BCUT2D eigenvalue weighted by atomic mass is 14.9. The molecule has 0 aromatic carbocycles. The van der Waals surface area contributed by atoms with E-state index in [1.807, 2.05) is 0 Å². The average molecular weight is 185 g/mol. The van der Waals surface area contributed by atoms with Gasteiger partial charge in [0.05, 0.1) is 0 Å². The predicted molar refractivity (Wildman–Crippen MR) is 61.1 cm³/mol. The first kappa shape index (κ1) is 13.0. The maximum absolute atomic E-state index is 3.65. The summed E-state index contributed by atoms with van der Waals surface area (Å²) in [6, 6.07) is 0.772. The van der Waals surface area contributed by atoms with Gasteiger partial charge < -0.3 is 5.32 Å². The quantitative estimate of drug-likeness (QED) is 0.609. The molecule has 0 atom stereocenters. The van der Waals surface area contributed by atoms with Crippen LogP contribution in [0.4, 0.5) is 0 Å². The molecule has 0 heterocycles. The minimum Gasteiger partial charge on any atom is -0.314 e. The summed E-state index contributed by atoms with van der Waals surface area (Å²) in [6.07, 6.45) is 6.60. The van der Waals surface area contributed by atoms with Crippen LogP contribution in [0.1, 0.15) is 59.8 Å². The zero-order valence-corrected chi connectivity index (χ0v) is 9.90. The summed E-state index contributed by atoms with van der Waals surface area (Å²) in [4.78, 5) is 0. The second-order valence-electron chi connectivity index (χ2n) is 4.41. The van der Waals surface area contributed by atoms with Crippen molar-refractivity contribution in [2.75, 3.05) is 6.54 Å². The van der Waals surface area contributed by atoms with Crippen molar-refractivity contribution in [3.05, 3.63) is 0 Å². The highest BCUT2D eigenvalue weighted by Gasteiger charge is 2.04. The molecule has 13 heavy (non-hydrogen) atoms. The summed E-state index contributed by atoms with van der Waals surface area (Å²) in [5.74, 6) is 0.830. The normalized spacial score (nSPS) is 11.5. The molecule has 0 radical (unpaired) electrons. The van der Waals surface area contributed by atoms with Crippen LogP contribution >= 0.6 is 0 Å². The summed E-state index contributed by atoms with van der Waals surface area (Å²) >= 11 is 0. The minimum absolute atomic E-state index is 0.772. The number of hydrogen-bond donors (Lipinski definition) is 1. The summed E-state index contributed by atoms with van der Waals surface area (Å²) < 4.78 is 0. The molecule has 0 amide bonds. The average Bonchev–Trinajstić information content (AvgIpc) is 2.04. The van der Waals surface area contributed by atoms with Gasteiger partial charge in [-0.15, -0.1) is 0 Å². The third-order valence-electron chi connectivity index (χ3n) is 2.43. The molecular formula is C12H27N. The van der Waals surface area contributed by atoms with E-state index in [-0.39, 0.29) is 0 Å². The molecule has 0 aliphatic rings. The van der Waals surface area contributed by atoms with Crippen LogP contribution < -0.4 is 5.32 Å². The van der Waals surface area contributed by atoms with Gasteiger partial charge in [0.1, 0.15) is 0 Å². The summed E-state index contributed by atoms with van der Waals surface area (Å²) in [7, 11) is 0. The Morgan fingerprint density at radius 3 is 1.85 bits per heavy atom. The van der Waals surface area contributed by atoms with Crippen LogP contribution in [0.2, 0.25) is 0 Å². The van der Waals surface area contributed by atoms with Crippen molar-refractivity contribution >= 4 is 0 Å². The molecule has 0 saturated heterocycles. The molecule has 0 bridgehead atoms. The highest BCUT2D eigenvalue weighted by molar-refractivity contribution is 4.65. The van der Waals surface area contributed by atoms with Crippen molar-refractivity contribution in [2.24, 2.45) is 5.92 Å². The van der Waals surface area contributed by atoms with Gasteiger partial charge in [0.25, 0.3) is 0 Å². The summed E-state index contributed by atoms with van der Waals surface area (Å²) in [5, 5.41) is 3.65. The fourth-order valence-corrected chi connectivity index (χ4v) is 1.62. The molecule has 0 fully saturated rings. The van der Waals surface area contributed by atoms with E-state index in [2.05, 4.69) is 33.0 Å². The molecule has 1 heteroatoms. The molecule has 0 spiro atoms. The smallest absolute Gasteiger partial charge is 0.00668 e. The van der Waals surface area contributed by atoms with Gasteiger partial charge in [0.2, 0.25) is 0 Å². The van der Waals surface area contributed by atoms with Gasteiger partial charge in [-0.1, -0.05) is 40.5 Å². The van der Waals surface area contributed by atoms with Crippen molar-refractivity contribution < 1.29 is 0 Å². The van der Waals surface area contributed by atoms with E-state index in [0.29, 0.717) is 0 Å². The van der Waals surface area contributed by atoms with Gasteiger partial charge in [-0.25, -0.2) is 0 Å². The maximum atomic E-state index is 3.65. The Labute approximate surface area is 84.3 Å². The van der Waals surface area contributed by atoms with E-state index >= 15 is 0 Å². The standard InChI is InChI=1S/C12H27N/c1-5-7-12(8-6-2)13-10-9-11(3)4/h11-13H,5-10H2,1-4H3. The molecule has 0 rings (SSSR count). The Bertz CT molecular complexity index is 93.3. The number of nitrogens with one attached hydrogen (secondary N) is 1. The molecule has 80 valence electrons. The molecule has 0 aliphatic heterocycles. The topological polar surface area (TPSA) is 12.0 Å². The van der Waals surface area contributed by atoms with E-state index < -0.39 is 0 Å². The molecule has 0 aliphatic carbocycles. The minimum atomic E-state index is 0.772. The summed E-state index contributed by atoms with van der Waals surface area (Å²) in [5.41, 5.74) is 0. The molecule has 0 aromatic rings. The Morgan fingerprint density at radius 2 is 1.46 bits per heavy atom. The third kappa shape index (κ3) is 8.29. The summed E-state index contributed by atoms with van der Waals surface area (Å²) in [6.45, 7) is 10.3. The zero-order valence-electron chi connectivity index (χ0n) is 9.90. The Kier molecular flexibility index (Phi) is 8.53. The van der Waals surface area contributed by atoms with Crippen molar-refractivity contribution in [1.82, 2.24) is 5.32 Å². The second-order valence-corrected chi connectivity index (χ2v) is 4.41. The Hall–Kier alpha value is -0.0400. The monoisotopic (exact) mass is 185 g/mol. The molecule has 1 nitrogen and oxygen atoms in total. The van der Waals surface area contributed by atoms with E-state index in [1.54, 1.807) is 0 Å². The highest BCUT2D eigenvalue weighted by Crippen LogP contribution is 2.05. The Morgan fingerprint density at radius 1 is 0.923 bits per heavy atom. The van der Waals surface area contributed by atoms with E-state index in [4.69, 9.17) is 0 Å². The van der Waals surface area contributed by atoms with Crippen LogP contribution in [0, 0.1) is 5.92 Å². The fraction of sp³-hybridized carbons (Fsp3) is 1.00. The van der Waals surface area contributed by atoms with Crippen molar-refractivity contribution in [3.63, 3.8) is 0 Å². The lowest BCUT2D eigenvalue weighted by Gasteiger charge is -2.17. The van der Waals surface area contributed by atoms with E-state index in [9.17, 15) is 0 Å². The lowest BCUT2D eigenvalue weighted by molar-refractivity contribution is 0.421. The van der Waals surface area contributed by atoms with Crippen LogP contribution in [-0.4, -0.2) is 12.6 Å². The van der Waals surface area contributed by atoms with Gasteiger partial charge in [-0.3, -0.25) is 0 Å². The third-order valence-corrected chi connectivity index (χ3v) is 2.43. The van der Waals surface area contributed by atoms with Crippen LogP contribution in [0.25, 0.3) is 0 Å². The van der Waals surface area contributed by atoms with Crippen molar-refractivity contribution in [2.45, 2.75) is 65.8 Å². The lowest BCUT2D eigenvalue weighted by Crippen LogP contribution is -2.30. The first-order chi connectivity index (χ1) is 6.20. The van der Waals surface area contributed by atoms with Gasteiger partial charge in [0, 0.05) is 6.04 Å². The van der Waals surface area contributed by atoms with Crippen LogP contribution in [0.15, 0.2) is 0 Å². The van der Waals surface area contributed by atoms with Gasteiger partial charge >= 0.3 is 0 Å². The zero-order chi connectivity index (χ0) is 10.1. The van der Waals surface area contributed by atoms with Crippen molar-refractivity contribution in [1.29, 1.82) is 0 Å². The van der Waals surface area contributed by atoms with Gasteiger partial charge in [-0.2, -0.15) is 0 Å². The van der Waals surface area contributed by atoms with Crippen LogP contribution in [0.5, 0.6) is 0 Å². The van der Waals surface area contributed by atoms with Gasteiger partial charge in [0.15, 0.2) is 0 Å². The second kappa shape index (κ2) is 8.55. The predicted octanol–water partition coefficient (Wildman–Crippen LogP) is 3.59. The van der Waals surface area contributed by atoms with E-state index in [0.717, 1.165) is 12.0 Å². The van der Waals surface area contributed by atoms with E-state index in [1.165, 1.54) is 38.6 Å². The molecule has 1 N–H and O–H groups in total. The molecule has 0 unspecified atom stereocenters. The largest absolute Gasteiger partial charge is 0.314 e. The SMILES string of the molecule is CCCC(CCC)NCCC(C)C. The maximum Gasteiger partial charge on any atom is 0.00668 e. The van der Waals surface area contributed by atoms with Crippen LogP contribution in [-0.2, 0) is 0 Å². The lowest BCUT2D eigenvalue weighted by atomic mass is 10.1. The molecule has 0 saturated carbocycles. The van der Waals surface area contributed by atoms with Crippen molar-refractivity contribution in [3.8, 4) is 0 Å². The number of rotatable bonds is 8. The Balaban J connectivity index is 3.44. The molecule has 0 aromatic heterocycles. The fourth-order valence-electron chi connectivity index (χ4n) is 1.62. The first-order valence-corrected chi connectivity index (χ1v) is 5.94. The van der Waals surface area contributed by atoms with Gasteiger partial charge in [-0.05, 0) is 31.7 Å². The molecular weight excluding hydrogens is 158 g/mol. The first-order valence-electron chi connectivity index (χ1n) is 5.94. The van der Waals surface area contributed by atoms with Crippen LogP contribution in [0.3, 0.4) is 0 Å².